The molecule has 1 aromatic rings. The van der Waals surface area contributed by atoms with E-state index in [4.69, 9.17) is 0 Å². The summed E-state index contributed by atoms with van der Waals surface area (Å²) >= 11 is 0. The average molecular weight is 229 g/mol. The first kappa shape index (κ1) is 11.3. The second-order valence-electron chi connectivity index (χ2n) is 6.00. The minimum absolute atomic E-state index is 0.726. The van der Waals surface area contributed by atoms with Gasteiger partial charge in [0.05, 0.1) is 0 Å². The molecule has 1 aromatic carbocycles. The largest absolute Gasteiger partial charge is 0.295 e. The summed E-state index contributed by atoms with van der Waals surface area (Å²) in [6, 6.07) is 13.5. The summed E-state index contributed by atoms with van der Waals surface area (Å²) in [5, 5.41) is 0. The van der Waals surface area contributed by atoms with Crippen molar-refractivity contribution in [1.82, 2.24) is 4.90 Å². The number of hydrogen-bond acceptors (Lipinski definition) is 1. The summed E-state index contributed by atoms with van der Waals surface area (Å²) in [5.41, 5.74) is 1.56. The highest BCUT2D eigenvalue weighted by Gasteiger charge is 2.41. The Bertz CT molecular complexity index is 356. The molecule has 2 aliphatic rings. The molecule has 0 N–H and O–H groups in total. The van der Waals surface area contributed by atoms with Crippen molar-refractivity contribution in [2.45, 2.75) is 63.6 Å². The van der Waals surface area contributed by atoms with Crippen molar-refractivity contribution in [3.63, 3.8) is 0 Å². The standard InChI is InChI=1S/C16H23N/c1-12(2)17-15-8-9-16(17)11-14(10-15)13-6-4-3-5-7-13/h3-7,12,14-16H,8-11H2,1-2H3. The van der Waals surface area contributed by atoms with Gasteiger partial charge in [0.25, 0.3) is 0 Å². The molecule has 2 fully saturated rings. The zero-order valence-corrected chi connectivity index (χ0v) is 11.0. The van der Waals surface area contributed by atoms with Crippen LogP contribution in [0, 0.1) is 0 Å². The van der Waals surface area contributed by atoms with E-state index in [1.165, 1.54) is 25.7 Å². The molecule has 0 aromatic heterocycles. The van der Waals surface area contributed by atoms with Crippen LogP contribution in [0.1, 0.15) is 51.0 Å². The monoisotopic (exact) mass is 229 g/mol. The number of rotatable bonds is 2. The second-order valence-corrected chi connectivity index (χ2v) is 6.00. The summed E-state index contributed by atoms with van der Waals surface area (Å²) in [5.74, 6) is 0.809. The molecule has 2 heterocycles. The lowest BCUT2D eigenvalue weighted by Gasteiger charge is -2.41. The van der Waals surface area contributed by atoms with Crippen molar-refractivity contribution < 1.29 is 0 Å². The lowest BCUT2D eigenvalue weighted by Crippen LogP contribution is -2.46. The highest BCUT2D eigenvalue weighted by molar-refractivity contribution is 5.22. The third kappa shape index (κ3) is 2.01. The van der Waals surface area contributed by atoms with Crippen LogP contribution in [-0.4, -0.2) is 23.0 Å². The van der Waals surface area contributed by atoms with Crippen molar-refractivity contribution in [3.05, 3.63) is 35.9 Å². The molecule has 1 heteroatoms. The normalized spacial score (nSPS) is 33.2. The third-order valence-corrected chi connectivity index (χ3v) is 4.66. The minimum Gasteiger partial charge on any atom is -0.295 e. The maximum absolute atomic E-state index is 2.78. The van der Waals surface area contributed by atoms with Crippen LogP contribution in [0.5, 0.6) is 0 Å². The first-order valence-corrected chi connectivity index (χ1v) is 7.08. The Morgan fingerprint density at radius 3 is 2.12 bits per heavy atom. The number of piperidine rings is 1. The number of fused-ring (bicyclic) bond motifs is 2. The molecule has 2 aliphatic heterocycles. The Hall–Kier alpha value is -0.820. The zero-order valence-electron chi connectivity index (χ0n) is 11.0. The molecular formula is C16H23N. The zero-order chi connectivity index (χ0) is 11.8. The first-order valence-electron chi connectivity index (χ1n) is 7.08. The predicted octanol–water partition coefficient (Wildman–Crippen LogP) is 3.81. The maximum Gasteiger partial charge on any atom is 0.0107 e. The SMILES string of the molecule is CC(C)N1C2CCC1CC(c1ccccc1)C2. The first-order chi connectivity index (χ1) is 8.25. The molecule has 92 valence electrons. The minimum atomic E-state index is 0.726. The van der Waals surface area contributed by atoms with Crippen LogP contribution in [0.3, 0.4) is 0 Å². The summed E-state index contributed by atoms with van der Waals surface area (Å²) in [4.78, 5) is 2.78. The molecule has 17 heavy (non-hydrogen) atoms. The smallest absolute Gasteiger partial charge is 0.0107 e. The van der Waals surface area contributed by atoms with E-state index in [0.29, 0.717) is 0 Å². The molecule has 1 nitrogen and oxygen atoms in total. The molecule has 0 amide bonds. The van der Waals surface area contributed by atoms with Gasteiger partial charge in [0.15, 0.2) is 0 Å². The second kappa shape index (κ2) is 4.45. The van der Waals surface area contributed by atoms with Gasteiger partial charge in [-0.3, -0.25) is 4.90 Å². The summed E-state index contributed by atoms with van der Waals surface area (Å²) in [7, 11) is 0. The van der Waals surface area contributed by atoms with Gasteiger partial charge in [-0.05, 0) is 51.0 Å². The highest BCUT2D eigenvalue weighted by Crippen LogP contribution is 2.43. The number of benzene rings is 1. The molecule has 2 unspecified atom stereocenters. The lowest BCUT2D eigenvalue weighted by molar-refractivity contribution is 0.0925. The molecule has 2 atom stereocenters. The quantitative estimate of drug-likeness (QED) is 0.745. The van der Waals surface area contributed by atoms with Gasteiger partial charge in [0, 0.05) is 18.1 Å². The van der Waals surface area contributed by atoms with Gasteiger partial charge in [-0.2, -0.15) is 0 Å². The van der Waals surface area contributed by atoms with Crippen LogP contribution in [0.4, 0.5) is 0 Å². The number of hydrogen-bond donors (Lipinski definition) is 0. The maximum atomic E-state index is 2.78. The van der Waals surface area contributed by atoms with Crippen molar-refractivity contribution in [3.8, 4) is 0 Å². The fourth-order valence-corrected chi connectivity index (χ4v) is 4.05. The van der Waals surface area contributed by atoms with Gasteiger partial charge in [-0.15, -0.1) is 0 Å². The Morgan fingerprint density at radius 2 is 1.59 bits per heavy atom. The van der Waals surface area contributed by atoms with Crippen LogP contribution in [0.2, 0.25) is 0 Å². The van der Waals surface area contributed by atoms with Gasteiger partial charge < -0.3 is 0 Å². The molecule has 3 rings (SSSR count). The third-order valence-electron chi connectivity index (χ3n) is 4.66. The van der Waals surface area contributed by atoms with Crippen molar-refractivity contribution >= 4 is 0 Å². The van der Waals surface area contributed by atoms with Crippen LogP contribution in [0.25, 0.3) is 0 Å². The van der Waals surface area contributed by atoms with Crippen LogP contribution in [-0.2, 0) is 0 Å². The van der Waals surface area contributed by atoms with E-state index in [2.05, 4.69) is 49.1 Å². The fourth-order valence-electron chi connectivity index (χ4n) is 4.05. The Balaban J connectivity index is 1.78. The van der Waals surface area contributed by atoms with Crippen molar-refractivity contribution in [2.24, 2.45) is 0 Å². The number of nitrogens with zero attached hydrogens (tertiary/aromatic N) is 1. The van der Waals surface area contributed by atoms with E-state index in [1.807, 2.05) is 0 Å². The lowest BCUT2D eigenvalue weighted by atomic mass is 9.84. The van der Waals surface area contributed by atoms with Gasteiger partial charge in [-0.1, -0.05) is 30.3 Å². The Morgan fingerprint density at radius 1 is 1.00 bits per heavy atom. The van der Waals surface area contributed by atoms with Gasteiger partial charge >= 0.3 is 0 Å². The van der Waals surface area contributed by atoms with Gasteiger partial charge in [0.2, 0.25) is 0 Å². The van der Waals surface area contributed by atoms with E-state index in [9.17, 15) is 0 Å². The highest BCUT2D eigenvalue weighted by atomic mass is 15.2. The molecule has 2 bridgehead atoms. The predicted molar refractivity (Wildman–Crippen MR) is 72.2 cm³/mol. The van der Waals surface area contributed by atoms with Crippen LogP contribution >= 0.6 is 0 Å². The summed E-state index contributed by atoms with van der Waals surface area (Å²) in [6.07, 6.45) is 5.59. The van der Waals surface area contributed by atoms with Crippen molar-refractivity contribution in [2.75, 3.05) is 0 Å². The van der Waals surface area contributed by atoms with E-state index >= 15 is 0 Å². The Labute approximate surface area is 105 Å². The Kier molecular flexibility index (Phi) is 2.96. The summed E-state index contributed by atoms with van der Waals surface area (Å²) < 4.78 is 0. The van der Waals surface area contributed by atoms with Crippen molar-refractivity contribution in [1.29, 1.82) is 0 Å². The van der Waals surface area contributed by atoms with Crippen LogP contribution in [0.15, 0.2) is 30.3 Å². The van der Waals surface area contributed by atoms with E-state index in [0.717, 1.165) is 24.0 Å². The molecule has 0 spiro atoms. The molecule has 2 saturated heterocycles. The van der Waals surface area contributed by atoms with E-state index in [1.54, 1.807) is 5.56 Å². The summed E-state index contributed by atoms with van der Waals surface area (Å²) in [6.45, 7) is 4.71. The molecule has 0 radical (unpaired) electrons. The topological polar surface area (TPSA) is 3.24 Å². The van der Waals surface area contributed by atoms with E-state index < -0.39 is 0 Å². The van der Waals surface area contributed by atoms with E-state index in [-0.39, 0.29) is 0 Å². The van der Waals surface area contributed by atoms with Gasteiger partial charge in [-0.25, -0.2) is 0 Å². The van der Waals surface area contributed by atoms with Gasteiger partial charge in [0.1, 0.15) is 0 Å². The fraction of sp³-hybridized carbons (Fsp3) is 0.625. The average Bonchev–Trinajstić information content (AvgIpc) is 2.62. The molecule has 0 saturated carbocycles. The molecular weight excluding hydrogens is 206 g/mol. The molecule has 0 aliphatic carbocycles. The van der Waals surface area contributed by atoms with Crippen LogP contribution < -0.4 is 0 Å².